The van der Waals surface area contributed by atoms with Crippen molar-refractivity contribution in [1.29, 1.82) is 0 Å². The molecule has 7 nitrogen and oxygen atoms in total. The van der Waals surface area contributed by atoms with E-state index in [1.165, 1.54) is 10.8 Å². The molecule has 0 saturated carbocycles. The van der Waals surface area contributed by atoms with Gasteiger partial charge in [0.25, 0.3) is 0 Å². The maximum Gasteiger partial charge on any atom is 1.00 e. The van der Waals surface area contributed by atoms with Crippen LogP contribution in [-0.4, -0.2) is 29.6 Å². The molecule has 0 unspecified atom stereocenters. The Labute approximate surface area is 196 Å². The number of hydrogen-bond acceptors (Lipinski definition) is 6. The van der Waals surface area contributed by atoms with E-state index in [-0.39, 0.29) is 47.5 Å². The van der Waals surface area contributed by atoms with Crippen LogP contribution in [0.4, 0.5) is 0 Å². The number of pyridine rings is 1. The number of benzene rings is 2. The van der Waals surface area contributed by atoms with Gasteiger partial charge in [0.2, 0.25) is 5.43 Å². The number of ether oxygens (including phenoxy) is 1. The molecule has 0 N–H and O–H groups in total. The van der Waals surface area contributed by atoms with Crippen molar-refractivity contribution in [3.8, 4) is 5.75 Å². The van der Waals surface area contributed by atoms with Crippen molar-refractivity contribution < 1.29 is 52.1 Å². The van der Waals surface area contributed by atoms with Crippen molar-refractivity contribution in [2.75, 3.05) is 5.75 Å². The Morgan fingerprint density at radius 1 is 1.00 bits per heavy atom. The zero-order valence-corrected chi connectivity index (χ0v) is 19.1. The third-order valence-corrected chi connectivity index (χ3v) is 4.96. The predicted octanol–water partition coefficient (Wildman–Crippen LogP) is -0.622. The number of aryl methyl sites for hydroxylation is 1. The standard InChI is InChI=1S/C21H19NO6S.Na/c23-15-18-13-19(24)20(14-22(18)11-12-29(25,26)27)28-21(16-7-3-1-4-8-16)17-9-5-2-6-10-17;/h1-10,13-15,21H,11-12H2,(H,25,26,27);/q;+1/p-1. The van der Waals surface area contributed by atoms with Crippen molar-refractivity contribution in [3.05, 3.63) is 100.0 Å². The van der Waals surface area contributed by atoms with Gasteiger partial charge in [0.05, 0.1) is 27.8 Å². The number of carbonyl (C=O) groups is 1. The van der Waals surface area contributed by atoms with Gasteiger partial charge in [-0.2, -0.15) is 0 Å². The van der Waals surface area contributed by atoms with Crippen LogP contribution in [0.15, 0.2) is 77.7 Å². The number of carbonyl (C=O) groups excluding carboxylic acids is 1. The summed E-state index contributed by atoms with van der Waals surface area (Å²) in [6.07, 6.45) is 1.09. The molecule has 0 fully saturated rings. The average molecular weight is 435 g/mol. The zero-order valence-electron chi connectivity index (χ0n) is 16.3. The van der Waals surface area contributed by atoms with Crippen molar-refractivity contribution in [1.82, 2.24) is 4.57 Å². The van der Waals surface area contributed by atoms with E-state index in [0.717, 1.165) is 17.2 Å². The molecule has 0 bridgehead atoms. The quantitative estimate of drug-likeness (QED) is 0.265. The second kappa shape index (κ2) is 10.7. The van der Waals surface area contributed by atoms with Gasteiger partial charge in [0.15, 0.2) is 12.0 Å². The van der Waals surface area contributed by atoms with Crippen LogP contribution < -0.4 is 39.7 Å². The van der Waals surface area contributed by atoms with E-state index in [1.807, 2.05) is 60.7 Å². The summed E-state index contributed by atoms with van der Waals surface area (Å²) in [4.78, 5) is 23.7. The van der Waals surface area contributed by atoms with Gasteiger partial charge in [-0.05, 0) is 11.1 Å². The van der Waals surface area contributed by atoms with Crippen LogP contribution in [-0.2, 0) is 16.7 Å². The number of nitrogens with zero attached hydrogens (tertiary/aromatic N) is 1. The minimum Gasteiger partial charge on any atom is -0.748 e. The van der Waals surface area contributed by atoms with Gasteiger partial charge in [0.1, 0.15) is 6.10 Å². The molecular weight excluding hydrogens is 417 g/mol. The smallest absolute Gasteiger partial charge is 0.748 e. The fraction of sp³-hybridized carbons (Fsp3) is 0.143. The van der Waals surface area contributed by atoms with Gasteiger partial charge in [-0.1, -0.05) is 60.7 Å². The van der Waals surface area contributed by atoms with Gasteiger partial charge >= 0.3 is 29.6 Å². The fourth-order valence-electron chi connectivity index (χ4n) is 2.87. The Balaban J connectivity index is 0.00000320. The van der Waals surface area contributed by atoms with Gasteiger partial charge in [-0.15, -0.1) is 0 Å². The number of hydrogen-bond donors (Lipinski definition) is 0. The third-order valence-electron chi connectivity index (χ3n) is 4.28. The van der Waals surface area contributed by atoms with E-state index >= 15 is 0 Å². The van der Waals surface area contributed by atoms with Crippen LogP contribution in [0.5, 0.6) is 5.75 Å². The van der Waals surface area contributed by atoms with Crippen LogP contribution in [0.2, 0.25) is 0 Å². The summed E-state index contributed by atoms with van der Waals surface area (Å²) < 4.78 is 40.1. The molecule has 0 spiro atoms. The van der Waals surface area contributed by atoms with Crippen LogP contribution in [0.1, 0.15) is 27.7 Å². The average Bonchev–Trinajstić information content (AvgIpc) is 2.72. The van der Waals surface area contributed by atoms with Crippen molar-refractivity contribution in [2.45, 2.75) is 12.6 Å². The number of rotatable bonds is 8. The molecule has 0 aliphatic heterocycles. The summed E-state index contributed by atoms with van der Waals surface area (Å²) in [6, 6.07) is 19.6. The minimum absolute atomic E-state index is 0. The van der Waals surface area contributed by atoms with E-state index in [0.29, 0.717) is 6.29 Å². The van der Waals surface area contributed by atoms with E-state index in [4.69, 9.17) is 4.74 Å². The SMILES string of the molecule is O=Cc1cc(=O)c(OC(c2ccccc2)c2ccccc2)cn1CCS(=O)(=O)[O-].[Na+]. The summed E-state index contributed by atoms with van der Waals surface area (Å²) in [5.41, 5.74) is 1.06. The zero-order chi connectivity index (χ0) is 20.9. The van der Waals surface area contributed by atoms with E-state index < -0.39 is 27.4 Å². The molecule has 0 radical (unpaired) electrons. The number of aldehydes is 1. The third kappa shape index (κ3) is 6.38. The van der Waals surface area contributed by atoms with Crippen LogP contribution in [0, 0.1) is 0 Å². The maximum atomic E-state index is 12.5. The second-order valence-electron chi connectivity index (χ2n) is 6.32. The molecule has 0 aliphatic carbocycles. The topological polar surface area (TPSA) is 106 Å². The first-order chi connectivity index (χ1) is 13.9. The van der Waals surface area contributed by atoms with Crippen LogP contribution in [0.25, 0.3) is 0 Å². The van der Waals surface area contributed by atoms with Crippen molar-refractivity contribution in [3.63, 3.8) is 0 Å². The first-order valence-electron chi connectivity index (χ1n) is 8.77. The molecule has 1 heterocycles. The maximum absolute atomic E-state index is 12.5. The molecule has 150 valence electrons. The summed E-state index contributed by atoms with van der Waals surface area (Å²) >= 11 is 0. The van der Waals surface area contributed by atoms with Gasteiger partial charge in [-0.25, -0.2) is 8.42 Å². The summed E-state index contributed by atoms with van der Waals surface area (Å²) in [5, 5.41) is 0. The Kier molecular flexibility index (Phi) is 8.57. The monoisotopic (exact) mass is 435 g/mol. The van der Waals surface area contributed by atoms with E-state index in [2.05, 4.69) is 0 Å². The van der Waals surface area contributed by atoms with Crippen LogP contribution in [0.3, 0.4) is 0 Å². The predicted molar refractivity (Wildman–Crippen MR) is 106 cm³/mol. The molecule has 30 heavy (non-hydrogen) atoms. The van der Waals surface area contributed by atoms with Gasteiger partial charge < -0.3 is 13.9 Å². The molecule has 0 aliphatic rings. The Hall–Kier alpha value is -2.23. The molecule has 0 atom stereocenters. The van der Waals surface area contributed by atoms with Crippen LogP contribution >= 0.6 is 0 Å². The molecule has 3 aromatic rings. The first kappa shape index (κ1) is 24.0. The Morgan fingerprint density at radius 3 is 2.00 bits per heavy atom. The van der Waals surface area contributed by atoms with Crippen molar-refractivity contribution in [2.24, 2.45) is 0 Å². The molecule has 1 aromatic heterocycles. The van der Waals surface area contributed by atoms with E-state index in [1.54, 1.807) is 0 Å². The molecule has 0 amide bonds. The van der Waals surface area contributed by atoms with Gasteiger partial charge in [0, 0.05) is 12.6 Å². The normalized spacial score (nSPS) is 11.0. The molecule has 9 heteroatoms. The molecular formula is C21H18NNaO6S. The first-order valence-corrected chi connectivity index (χ1v) is 10.3. The summed E-state index contributed by atoms with van der Waals surface area (Å²) in [7, 11) is -4.48. The minimum atomic E-state index is -4.48. The Bertz CT molecular complexity index is 1110. The largest absolute Gasteiger partial charge is 1.00 e. The van der Waals surface area contributed by atoms with E-state index in [9.17, 15) is 22.6 Å². The fourth-order valence-corrected chi connectivity index (χ4v) is 3.29. The summed E-state index contributed by atoms with van der Waals surface area (Å²) in [5.74, 6) is -0.770. The second-order valence-corrected chi connectivity index (χ2v) is 7.84. The summed E-state index contributed by atoms with van der Waals surface area (Å²) in [6.45, 7) is -0.266. The van der Waals surface area contributed by atoms with Gasteiger partial charge in [-0.3, -0.25) is 9.59 Å². The molecule has 2 aromatic carbocycles. The Morgan fingerprint density at radius 2 is 1.53 bits per heavy atom. The molecule has 0 saturated heterocycles. The molecule has 3 rings (SSSR count). The van der Waals surface area contributed by atoms with Crippen molar-refractivity contribution >= 4 is 16.4 Å². The number of aromatic nitrogens is 1.